The zero-order valence-electron chi connectivity index (χ0n) is 6.73. The van der Waals surface area contributed by atoms with Crippen molar-refractivity contribution in [1.29, 1.82) is 0 Å². The topological polar surface area (TPSA) is 69.6 Å². The van der Waals surface area contributed by atoms with E-state index in [0.717, 1.165) is 4.90 Å². The van der Waals surface area contributed by atoms with Gasteiger partial charge in [-0.2, -0.15) is 4.90 Å². The van der Waals surface area contributed by atoms with Crippen molar-refractivity contribution in [1.82, 2.24) is 10.2 Å². The molecule has 68 valence electrons. The first kappa shape index (κ1) is 7.85. The molecule has 1 aliphatic carbocycles. The number of urea groups is 1. The summed E-state index contributed by atoms with van der Waals surface area (Å²) in [4.78, 5) is 22.6. The Bertz CT molecular complexity index is 332. The highest BCUT2D eigenvalue weighted by molar-refractivity contribution is 5.95. The van der Waals surface area contributed by atoms with Crippen molar-refractivity contribution in [2.24, 2.45) is 0 Å². The minimum absolute atomic E-state index is 0.173. The summed E-state index contributed by atoms with van der Waals surface area (Å²) in [6.45, 7) is 0. The predicted molar refractivity (Wildman–Crippen MR) is 44.0 cm³/mol. The minimum atomic E-state index is -1.23. The van der Waals surface area contributed by atoms with E-state index < -0.39 is 12.1 Å². The molecule has 1 aliphatic heterocycles. The number of nitrogens with one attached hydrogen (secondary N) is 1. The Hall–Kier alpha value is -1.78. The normalized spacial score (nSPS) is 25.2. The summed E-state index contributed by atoms with van der Waals surface area (Å²) in [6, 6.07) is -0.735. The molecule has 1 saturated heterocycles. The van der Waals surface area contributed by atoms with Crippen molar-refractivity contribution < 1.29 is 14.7 Å². The van der Waals surface area contributed by atoms with Gasteiger partial charge in [-0.1, -0.05) is 12.2 Å². The van der Waals surface area contributed by atoms with Crippen LogP contribution in [0.2, 0.25) is 0 Å². The molecule has 0 radical (unpaired) electrons. The van der Waals surface area contributed by atoms with Crippen molar-refractivity contribution in [2.45, 2.75) is 12.5 Å². The monoisotopic (exact) mass is 180 g/mol. The summed E-state index contributed by atoms with van der Waals surface area (Å²) >= 11 is 0. The third-order valence-electron chi connectivity index (χ3n) is 2.08. The molecule has 0 spiro atoms. The van der Waals surface area contributed by atoms with Crippen molar-refractivity contribution in [3.63, 3.8) is 0 Å². The van der Waals surface area contributed by atoms with Gasteiger partial charge in [0.25, 0.3) is 0 Å². The molecule has 3 amide bonds. The third-order valence-corrected chi connectivity index (χ3v) is 2.08. The lowest BCUT2D eigenvalue weighted by atomic mass is 10.1. The van der Waals surface area contributed by atoms with E-state index in [1.54, 1.807) is 12.2 Å². The summed E-state index contributed by atoms with van der Waals surface area (Å²) in [7, 11) is 0. The Labute approximate surface area is 74.3 Å². The van der Waals surface area contributed by atoms with Gasteiger partial charge in [0.2, 0.25) is 0 Å². The van der Waals surface area contributed by atoms with Gasteiger partial charge in [-0.15, -0.1) is 0 Å². The molecule has 1 fully saturated rings. The second-order valence-corrected chi connectivity index (χ2v) is 2.88. The first-order valence-electron chi connectivity index (χ1n) is 3.90. The van der Waals surface area contributed by atoms with Crippen LogP contribution in [-0.2, 0) is 0 Å². The third kappa shape index (κ3) is 1.09. The van der Waals surface area contributed by atoms with E-state index in [4.69, 9.17) is 5.11 Å². The number of carbonyl (C=O) groups is 2. The molecule has 5 heteroatoms. The quantitative estimate of drug-likeness (QED) is 0.581. The van der Waals surface area contributed by atoms with Gasteiger partial charge in [-0.25, -0.2) is 9.59 Å². The first-order valence-corrected chi connectivity index (χ1v) is 3.90. The number of hydrogen-bond donors (Lipinski definition) is 2. The molecule has 0 aromatic carbocycles. The molecule has 0 aromatic rings. The maximum absolute atomic E-state index is 11.1. The van der Waals surface area contributed by atoms with Crippen molar-refractivity contribution in [3.8, 4) is 0 Å². The highest BCUT2D eigenvalue weighted by atomic mass is 16.4. The SMILES string of the molecule is O=C(O)N1C(=O)NC2CC=CC=C21. The first-order chi connectivity index (χ1) is 6.20. The molecule has 13 heavy (non-hydrogen) atoms. The average Bonchev–Trinajstić information content (AvgIpc) is 2.39. The molecular formula is C8H8N2O3. The molecule has 1 heterocycles. The van der Waals surface area contributed by atoms with Gasteiger partial charge in [-0.3, -0.25) is 0 Å². The second kappa shape index (κ2) is 2.62. The van der Waals surface area contributed by atoms with E-state index in [1.165, 1.54) is 0 Å². The molecule has 0 aromatic heterocycles. The van der Waals surface area contributed by atoms with E-state index in [9.17, 15) is 9.59 Å². The highest BCUT2D eigenvalue weighted by Gasteiger charge is 2.38. The van der Waals surface area contributed by atoms with Crippen LogP contribution in [-0.4, -0.2) is 28.2 Å². The molecule has 0 bridgehead atoms. The zero-order valence-corrected chi connectivity index (χ0v) is 6.73. The number of fused-ring (bicyclic) bond motifs is 1. The van der Waals surface area contributed by atoms with Crippen LogP contribution in [0.4, 0.5) is 9.59 Å². The Morgan fingerprint density at radius 3 is 3.15 bits per heavy atom. The van der Waals surface area contributed by atoms with Gasteiger partial charge in [0.1, 0.15) is 0 Å². The maximum Gasteiger partial charge on any atom is 0.420 e. The zero-order chi connectivity index (χ0) is 9.42. The molecule has 0 saturated carbocycles. The molecule has 1 atom stereocenters. The van der Waals surface area contributed by atoms with E-state index in [0.29, 0.717) is 12.1 Å². The lowest BCUT2D eigenvalue weighted by Crippen LogP contribution is -2.32. The summed E-state index contributed by atoms with van der Waals surface area (Å²) in [5.41, 5.74) is 0.514. The van der Waals surface area contributed by atoms with Crippen LogP contribution in [0.25, 0.3) is 0 Å². The largest absolute Gasteiger partial charge is 0.464 e. The number of hydrogen-bond acceptors (Lipinski definition) is 2. The van der Waals surface area contributed by atoms with Crippen LogP contribution in [0, 0.1) is 0 Å². The van der Waals surface area contributed by atoms with Gasteiger partial charge in [0, 0.05) is 0 Å². The lowest BCUT2D eigenvalue weighted by molar-refractivity contribution is 0.164. The van der Waals surface area contributed by atoms with E-state index in [1.807, 2.05) is 6.08 Å². The summed E-state index contributed by atoms with van der Waals surface area (Å²) in [6.07, 6.45) is 4.70. The number of imide groups is 1. The van der Waals surface area contributed by atoms with Crippen LogP contribution in [0.5, 0.6) is 0 Å². The average molecular weight is 180 g/mol. The summed E-state index contributed by atoms with van der Waals surface area (Å²) in [5.74, 6) is 0. The van der Waals surface area contributed by atoms with E-state index >= 15 is 0 Å². The Morgan fingerprint density at radius 1 is 1.69 bits per heavy atom. The minimum Gasteiger partial charge on any atom is -0.464 e. The Balaban J connectivity index is 2.36. The molecule has 1 unspecified atom stereocenters. The fourth-order valence-electron chi connectivity index (χ4n) is 1.51. The fraction of sp³-hybridized carbons (Fsp3) is 0.250. The molecule has 5 nitrogen and oxygen atoms in total. The van der Waals surface area contributed by atoms with Gasteiger partial charge < -0.3 is 10.4 Å². The Morgan fingerprint density at radius 2 is 2.46 bits per heavy atom. The summed E-state index contributed by atoms with van der Waals surface area (Å²) < 4.78 is 0. The van der Waals surface area contributed by atoms with Crippen LogP contribution in [0.15, 0.2) is 23.9 Å². The fourth-order valence-corrected chi connectivity index (χ4v) is 1.51. The van der Waals surface area contributed by atoms with Crippen molar-refractivity contribution in [2.75, 3.05) is 0 Å². The number of carbonyl (C=O) groups excluding carboxylic acids is 1. The predicted octanol–water partition coefficient (Wildman–Crippen LogP) is 0.902. The van der Waals surface area contributed by atoms with Gasteiger partial charge in [0.15, 0.2) is 0 Å². The van der Waals surface area contributed by atoms with Gasteiger partial charge >= 0.3 is 12.1 Å². The van der Waals surface area contributed by atoms with Crippen LogP contribution in [0.1, 0.15) is 6.42 Å². The molecule has 2 rings (SSSR count). The molecule has 2 aliphatic rings. The lowest BCUT2D eigenvalue weighted by Gasteiger charge is -2.14. The Kier molecular flexibility index (Phi) is 1.58. The standard InChI is InChI=1S/C8H8N2O3/c11-7-9-5-3-1-2-4-6(5)10(7)8(12)13/h1-2,4-5H,3H2,(H,9,11)(H,12,13). The number of carboxylic acid groups (broad SMARTS) is 1. The number of allylic oxidation sites excluding steroid dienone is 2. The highest BCUT2D eigenvalue weighted by Crippen LogP contribution is 2.23. The van der Waals surface area contributed by atoms with Crippen molar-refractivity contribution >= 4 is 12.1 Å². The number of amides is 3. The second-order valence-electron chi connectivity index (χ2n) is 2.88. The van der Waals surface area contributed by atoms with Crippen LogP contribution < -0.4 is 5.32 Å². The van der Waals surface area contributed by atoms with Crippen LogP contribution >= 0.6 is 0 Å². The van der Waals surface area contributed by atoms with Gasteiger partial charge in [0.05, 0.1) is 11.7 Å². The smallest absolute Gasteiger partial charge is 0.420 e. The number of rotatable bonds is 0. The van der Waals surface area contributed by atoms with Gasteiger partial charge in [-0.05, 0) is 12.5 Å². The number of nitrogens with zero attached hydrogens (tertiary/aromatic N) is 1. The maximum atomic E-state index is 11.1. The van der Waals surface area contributed by atoms with Crippen molar-refractivity contribution in [3.05, 3.63) is 23.9 Å². The van der Waals surface area contributed by atoms with E-state index in [-0.39, 0.29) is 6.04 Å². The summed E-state index contributed by atoms with van der Waals surface area (Å²) in [5, 5.41) is 11.3. The molecule has 2 N–H and O–H groups in total. The van der Waals surface area contributed by atoms with E-state index in [2.05, 4.69) is 5.32 Å². The molecular weight excluding hydrogens is 172 g/mol. The van der Waals surface area contributed by atoms with Crippen LogP contribution in [0.3, 0.4) is 0 Å².